The molecule has 25 heavy (non-hydrogen) atoms. The van der Waals surface area contributed by atoms with Crippen molar-refractivity contribution in [3.63, 3.8) is 0 Å². The number of halogens is 1. The summed E-state index contributed by atoms with van der Waals surface area (Å²) in [5, 5.41) is 9.09. The molecule has 0 aromatic heterocycles. The number of hydrogen-bond donors (Lipinski definition) is 1. The molecule has 0 saturated carbocycles. The molecule has 2 aromatic carbocycles. The number of ether oxygens (including phenoxy) is 1. The number of benzene rings is 2. The number of nitrogens with zero attached hydrogens (tertiary/aromatic N) is 1. The average Bonchev–Trinajstić information content (AvgIpc) is 2.61. The van der Waals surface area contributed by atoms with Gasteiger partial charge in [0.1, 0.15) is 5.82 Å². The van der Waals surface area contributed by atoms with Crippen LogP contribution in [0.25, 0.3) is 0 Å². The molecule has 0 radical (unpaired) electrons. The van der Waals surface area contributed by atoms with Gasteiger partial charge in [-0.3, -0.25) is 4.90 Å². The lowest BCUT2D eigenvalue weighted by molar-refractivity contribution is -0.0130. The zero-order valence-electron chi connectivity index (χ0n) is 14.0. The van der Waals surface area contributed by atoms with Gasteiger partial charge in [-0.2, -0.15) is 0 Å². The van der Waals surface area contributed by atoms with Crippen molar-refractivity contribution in [2.24, 2.45) is 0 Å². The number of likely N-dealkylation sites (tertiary alicyclic amines) is 1. The maximum atomic E-state index is 13.7. The van der Waals surface area contributed by atoms with Gasteiger partial charge in [0.05, 0.1) is 18.3 Å². The van der Waals surface area contributed by atoms with E-state index < -0.39 is 5.97 Å². The molecule has 1 N–H and O–H groups in total. The van der Waals surface area contributed by atoms with E-state index in [0.29, 0.717) is 17.7 Å². The SMILES string of the molecule is O=C(O)c1cccc(CN2CCC[C@H](OCc3ccccc3F)C2)c1. The molecule has 1 heterocycles. The van der Waals surface area contributed by atoms with Crippen LogP contribution in [0.4, 0.5) is 4.39 Å². The molecule has 1 saturated heterocycles. The van der Waals surface area contributed by atoms with Crippen molar-refractivity contribution in [2.45, 2.75) is 32.1 Å². The van der Waals surface area contributed by atoms with Gasteiger partial charge in [0.2, 0.25) is 0 Å². The van der Waals surface area contributed by atoms with Crippen molar-refractivity contribution in [1.82, 2.24) is 4.90 Å². The minimum atomic E-state index is -0.911. The Labute approximate surface area is 146 Å². The third kappa shape index (κ3) is 4.87. The first-order valence-corrected chi connectivity index (χ1v) is 8.51. The van der Waals surface area contributed by atoms with Gasteiger partial charge >= 0.3 is 5.97 Å². The van der Waals surface area contributed by atoms with Gasteiger partial charge in [0.15, 0.2) is 0 Å². The Morgan fingerprint density at radius 2 is 2.08 bits per heavy atom. The maximum Gasteiger partial charge on any atom is 0.335 e. The molecule has 0 spiro atoms. The average molecular weight is 343 g/mol. The van der Waals surface area contributed by atoms with Crippen LogP contribution in [-0.2, 0) is 17.9 Å². The topological polar surface area (TPSA) is 49.8 Å². The fraction of sp³-hybridized carbons (Fsp3) is 0.350. The van der Waals surface area contributed by atoms with E-state index in [2.05, 4.69) is 4.90 Å². The number of piperidine rings is 1. The summed E-state index contributed by atoms with van der Waals surface area (Å²) in [5.41, 5.74) is 1.87. The normalized spacial score (nSPS) is 18.2. The molecule has 0 aliphatic carbocycles. The quantitative estimate of drug-likeness (QED) is 0.869. The molecule has 0 bridgehead atoms. The van der Waals surface area contributed by atoms with Crippen LogP contribution in [0.15, 0.2) is 48.5 Å². The number of aromatic carboxylic acids is 1. The fourth-order valence-electron chi connectivity index (χ4n) is 3.18. The first-order valence-electron chi connectivity index (χ1n) is 8.51. The molecule has 1 fully saturated rings. The number of carbonyl (C=O) groups is 1. The molecule has 1 aliphatic rings. The molecular formula is C20H22FNO3. The van der Waals surface area contributed by atoms with Crippen molar-refractivity contribution in [3.8, 4) is 0 Å². The summed E-state index contributed by atoms with van der Waals surface area (Å²) < 4.78 is 19.6. The number of hydrogen-bond acceptors (Lipinski definition) is 3. The highest BCUT2D eigenvalue weighted by atomic mass is 19.1. The second-order valence-corrected chi connectivity index (χ2v) is 6.41. The lowest BCUT2D eigenvalue weighted by Crippen LogP contribution is -2.39. The zero-order valence-corrected chi connectivity index (χ0v) is 14.0. The van der Waals surface area contributed by atoms with Gasteiger partial charge in [-0.25, -0.2) is 9.18 Å². The zero-order chi connectivity index (χ0) is 17.6. The second kappa shape index (κ2) is 8.23. The summed E-state index contributed by atoms with van der Waals surface area (Å²) in [4.78, 5) is 13.3. The highest BCUT2D eigenvalue weighted by Gasteiger charge is 2.21. The van der Waals surface area contributed by atoms with E-state index >= 15 is 0 Å². The molecular weight excluding hydrogens is 321 g/mol. The van der Waals surface area contributed by atoms with Crippen molar-refractivity contribution in [2.75, 3.05) is 13.1 Å². The predicted molar refractivity (Wildman–Crippen MR) is 92.9 cm³/mol. The highest BCUT2D eigenvalue weighted by Crippen LogP contribution is 2.19. The number of carboxylic acids is 1. The first-order chi connectivity index (χ1) is 12.1. The van der Waals surface area contributed by atoms with Gasteiger partial charge in [0.25, 0.3) is 0 Å². The Kier molecular flexibility index (Phi) is 5.79. The van der Waals surface area contributed by atoms with E-state index in [1.807, 2.05) is 12.1 Å². The Balaban J connectivity index is 1.55. The molecule has 5 heteroatoms. The van der Waals surface area contributed by atoms with Gasteiger partial charge in [-0.15, -0.1) is 0 Å². The Morgan fingerprint density at radius 3 is 2.88 bits per heavy atom. The van der Waals surface area contributed by atoms with Gasteiger partial charge in [-0.05, 0) is 43.1 Å². The largest absolute Gasteiger partial charge is 0.478 e. The first kappa shape index (κ1) is 17.6. The third-order valence-corrected chi connectivity index (χ3v) is 4.47. The van der Waals surface area contributed by atoms with E-state index in [0.717, 1.165) is 31.5 Å². The Bertz CT molecular complexity index is 734. The van der Waals surface area contributed by atoms with E-state index in [-0.39, 0.29) is 18.5 Å². The minimum absolute atomic E-state index is 0.0658. The fourth-order valence-corrected chi connectivity index (χ4v) is 3.18. The van der Waals surface area contributed by atoms with Crippen molar-refractivity contribution < 1.29 is 19.0 Å². The van der Waals surface area contributed by atoms with Crippen LogP contribution in [0.5, 0.6) is 0 Å². The predicted octanol–water partition coefficient (Wildman–Crippen LogP) is 3.71. The highest BCUT2D eigenvalue weighted by molar-refractivity contribution is 5.87. The van der Waals surface area contributed by atoms with Gasteiger partial charge in [0, 0.05) is 18.7 Å². The summed E-state index contributed by atoms with van der Waals surface area (Å²) in [6.45, 7) is 2.70. The smallest absolute Gasteiger partial charge is 0.335 e. The third-order valence-electron chi connectivity index (χ3n) is 4.47. The lowest BCUT2D eigenvalue weighted by Gasteiger charge is -2.32. The van der Waals surface area contributed by atoms with E-state index in [9.17, 15) is 9.18 Å². The van der Waals surface area contributed by atoms with Crippen molar-refractivity contribution >= 4 is 5.97 Å². The van der Waals surface area contributed by atoms with E-state index in [4.69, 9.17) is 9.84 Å². The molecule has 132 valence electrons. The molecule has 4 nitrogen and oxygen atoms in total. The summed E-state index contributed by atoms with van der Waals surface area (Å²) in [6.07, 6.45) is 2.04. The van der Waals surface area contributed by atoms with Gasteiger partial charge < -0.3 is 9.84 Å². The standard InChI is InChI=1S/C20H22FNO3/c21-19-9-2-1-6-17(19)14-25-18-8-4-10-22(13-18)12-15-5-3-7-16(11-15)20(23)24/h1-3,5-7,9,11,18H,4,8,10,12-14H2,(H,23,24)/t18-/m0/s1. The summed E-state index contributed by atoms with van der Waals surface area (Å²) in [5.74, 6) is -1.15. The van der Waals surface area contributed by atoms with Crippen LogP contribution >= 0.6 is 0 Å². The Morgan fingerprint density at radius 1 is 1.24 bits per heavy atom. The molecule has 1 atom stereocenters. The number of carboxylic acid groups (broad SMARTS) is 1. The second-order valence-electron chi connectivity index (χ2n) is 6.41. The molecule has 0 amide bonds. The maximum absolute atomic E-state index is 13.7. The molecule has 0 unspecified atom stereocenters. The van der Waals surface area contributed by atoms with Crippen LogP contribution in [0.2, 0.25) is 0 Å². The molecule has 2 aromatic rings. The van der Waals surface area contributed by atoms with Crippen LogP contribution in [0.1, 0.15) is 34.3 Å². The summed E-state index contributed by atoms with van der Waals surface area (Å²) >= 11 is 0. The van der Waals surface area contributed by atoms with Crippen molar-refractivity contribution in [1.29, 1.82) is 0 Å². The molecule has 1 aliphatic heterocycles. The monoisotopic (exact) mass is 343 g/mol. The van der Waals surface area contributed by atoms with Crippen LogP contribution in [0, 0.1) is 5.82 Å². The van der Waals surface area contributed by atoms with E-state index in [1.54, 1.807) is 30.3 Å². The summed E-state index contributed by atoms with van der Waals surface area (Å²) in [7, 11) is 0. The lowest BCUT2D eigenvalue weighted by atomic mass is 10.1. The molecule has 3 rings (SSSR count). The van der Waals surface area contributed by atoms with Gasteiger partial charge in [-0.1, -0.05) is 30.3 Å². The minimum Gasteiger partial charge on any atom is -0.478 e. The van der Waals surface area contributed by atoms with Crippen LogP contribution in [0.3, 0.4) is 0 Å². The summed E-state index contributed by atoms with van der Waals surface area (Å²) in [6, 6.07) is 13.7. The number of rotatable bonds is 6. The van der Waals surface area contributed by atoms with E-state index in [1.165, 1.54) is 6.07 Å². The van der Waals surface area contributed by atoms with Crippen molar-refractivity contribution in [3.05, 3.63) is 71.0 Å². The van der Waals surface area contributed by atoms with Crippen LogP contribution < -0.4 is 0 Å². The Hall–Kier alpha value is -2.24. The van der Waals surface area contributed by atoms with Crippen LogP contribution in [-0.4, -0.2) is 35.2 Å².